The summed E-state index contributed by atoms with van der Waals surface area (Å²) in [5.41, 5.74) is 7.17. The fourth-order valence-electron chi connectivity index (χ4n) is 4.17. The van der Waals surface area contributed by atoms with Gasteiger partial charge in [-0.1, -0.05) is 37.3 Å². The monoisotopic (exact) mass is 458 g/mol. The van der Waals surface area contributed by atoms with Gasteiger partial charge in [0.25, 0.3) is 0 Å². The summed E-state index contributed by atoms with van der Waals surface area (Å²) in [5, 5.41) is 3.19. The van der Waals surface area contributed by atoms with Crippen LogP contribution in [0.2, 0.25) is 0 Å². The maximum absolute atomic E-state index is 12.5. The van der Waals surface area contributed by atoms with Gasteiger partial charge in [0.15, 0.2) is 0 Å². The van der Waals surface area contributed by atoms with Crippen molar-refractivity contribution >= 4 is 36.6 Å². The normalized spacial score (nSPS) is 22.9. The van der Waals surface area contributed by atoms with Gasteiger partial charge in [0, 0.05) is 44.7 Å². The van der Waals surface area contributed by atoms with Crippen molar-refractivity contribution in [3.8, 4) is 0 Å². The summed E-state index contributed by atoms with van der Waals surface area (Å²) in [6.45, 7) is 5.51. The Morgan fingerprint density at radius 1 is 1.03 bits per heavy atom. The third-order valence-electron chi connectivity index (χ3n) is 6.10. The summed E-state index contributed by atoms with van der Waals surface area (Å²) in [4.78, 5) is 28.9. The number of nitrogens with zero attached hydrogens (tertiary/aromatic N) is 2. The van der Waals surface area contributed by atoms with Gasteiger partial charge in [0.1, 0.15) is 0 Å². The summed E-state index contributed by atoms with van der Waals surface area (Å²) in [7, 11) is 0. The van der Waals surface area contributed by atoms with Crippen LogP contribution in [0.5, 0.6) is 0 Å². The van der Waals surface area contributed by atoms with E-state index < -0.39 is 0 Å². The molecule has 3 N–H and O–H groups in total. The molecular weight excluding hydrogens is 423 g/mol. The highest BCUT2D eigenvalue weighted by Crippen LogP contribution is 2.23. The van der Waals surface area contributed by atoms with E-state index in [2.05, 4.69) is 17.1 Å². The molecule has 1 saturated heterocycles. The number of piperazine rings is 1. The van der Waals surface area contributed by atoms with Crippen molar-refractivity contribution in [3.63, 3.8) is 0 Å². The van der Waals surface area contributed by atoms with Crippen LogP contribution in [-0.4, -0.2) is 60.4 Å². The zero-order valence-corrected chi connectivity index (χ0v) is 19.4. The molecule has 30 heavy (non-hydrogen) atoms. The van der Waals surface area contributed by atoms with Crippen LogP contribution in [-0.2, 0) is 9.59 Å². The molecule has 1 aliphatic carbocycles. The third kappa shape index (κ3) is 8.06. The van der Waals surface area contributed by atoms with Gasteiger partial charge in [-0.25, -0.2) is 0 Å². The highest BCUT2D eigenvalue weighted by molar-refractivity contribution is 5.85. The van der Waals surface area contributed by atoms with Gasteiger partial charge in [-0.15, -0.1) is 24.8 Å². The molecule has 2 fully saturated rings. The Hall–Kier alpha value is -1.34. The zero-order valence-electron chi connectivity index (χ0n) is 17.8. The molecule has 0 bridgehead atoms. The van der Waals surface area contributed by atoms with E-state index in [-0.39, 0.29) is 42.7 Å². The number of hydrogen-bond donors (Lipinski definition) is 2. The fraction of sp³-hybridized carbons (Fsp3) is 0.636. The first kappa shape index (κ1) is 26.7. The lowest BCUT2D eigenvalue weighted by Crippen LogP contribution is -2.52. The van der Waals surface area contributed by atoms with Crippen molar-refractivity contribution in [2.45, 2.75) is 51.1 Å². The van der Waals surface area contributed by atoms with Crippen LogP contribution < -0.4 is 11.1 Å². The number of rotatable bonds is 6. The van der Waals surface area contributed by atoms with E-state index in [0.29, 0.717) is 32.1 Å². The first-order chi connectivity index (χ1) is 13.5. The molecule has 0 radical (unpaired) electrons. The molecule has 170 valence electrons. The van der Waals surface area contributed by atoms with Gasteiger partial charge in [0.05, 0.1) is 6.54 Å². The smallest absolute Gasteiger partial charge is 0.234 e. The number of benzene rings is 1. The number of halogens is 2. The van der Waals surface area contributed by atoms with Crippen LogP contribution in [0.4, 0.5) is 0 Å². The first-order valence-electron chi connectivity index (χ1n) is 10.6. The maximum atomic E-state index is 12.5. The van der Waals surface area contributed by atoms with Crippen LogP contribution in [0.1, 0.15) is 50.6 Å². The van der Waals surface area contributed by atoms with Crippen molar-refractivity contribution in [1.29, 1.82) is 0 Å². The molecule has 0 aromatic heterocycles. The summed E-state index contributed by atoms with van der Waals surface area (Å²) in [6, 6.07) is 9.82. The van der Waals surface area contributed by atoms with Crippen LogP contribution in [0, 0.1) is 5.92 Å². The Morgan fingerprint density at radius 2 is 1.63 bits per heavy atom. The van der Waals surface area contributed by atoms with Crippen molar-refractivity contribution in [1.82, 2.24) is 15.1 Å². The molecule has 1 atom stereocenters. The largest absolute Gasteiger partial charge is 0.352 e. The number of nitrogens with two attached hydrogens (primary N) is 1. The third-order valence-corrected chi connectivity index (χ3v) is 6.10. The molecule has 3 rings (SSSR count). The van der Waals surface area contributed by atoms with Crippen molar-refractivity contribution in [3.05, 3.63) is 35.9 Å². The topological polar surface area (TPSA) is 78.7 Å². The van der Waals surface area contributed by atoms with E-state index in [1.165, 1.54) is 12.8 Å². The van der Waals surface area contributed by atoms with Gasteiger partial charge >= 0.3 is 0 Å². The van der Waals surface area contributed by atoms with Crippen LogP contribution >= 0.6 is 24.8 Å². The molecule has 6 nitrogen and oxygen atoms in total. The number of amides is 2. The molecule has 2 amide bonds. The molecule has 1 aromatic carbocycles. The standard InChI is InChI=1S/C22H34N4O2.2ClH/c1-17-7-9-19(10-8-17)24-21(27)16-25-11-13-26(14-12-25)22(28)15-20(23)18-5-3-2-4-6-18;;/h2-6,17,19-20H,7-16,23H2,1H3,(H,24,27);2*1H. The lowest BCUT2D eigenvalue weighted by atomic mass is 9.87. The minimum Gasteiger partial charge on any atom is -0.352 e. The Morgan fingerprint density at radius 3 is 2.23 bits per heavy atom. The van der Waals surface area contributed by atoms with Crippen LogP contribution in [0.15, 0.2) is 30.3 Å². The summed E-state index contributed by atoms with van der Waals surface area (Å²) in [6.07, 6.45) is 4.92. The molecular formula is C22H36Cl2N4O2. The SMILES string of the molecule is CC1CCC(NC(=O)CN2CCN(C(=O)CC(N)c3ccccc3)CC2)CC1.Cl.Cl. The Balaban J connectivity index is 0.00000225. The van der Waals surface area contributed by atoms with Gasteiger partial charge in [-0.2, -0.15) is 0 Å². The quantitative estimate of drug-likeness (QED) is 0.686. The van der Waals surface area contributed by atoms with E-state index in [0.717, 1.165) is 37.4 Å². The van der Waals surface area contributed by atoms with E-state index in [1.54, 1.807) is 0 Å². The number of carbonyl (C=O) groups is 2. The second-order valence-electron chi connectivity index (χ2n) is 8.40. The molecule has 1 saturated carbocycles. The first-order valence-corrected chi connectivity index (χ1v) is 10.6. The Bertz CT molecular complexity index is 646. The molecule has 1 aliphatic heterocycles. The second kappa shape index (κ2) is 13.2. The van der Waals surface area contributed by atoms with Crippen molar-refractivity contribution < 1.29 is 9.59 Å². The molecule has 8 heteroatoms. The summed E-state index contributed by atoms with van der Waals surface area (Å²) < 4.78 is 0. The fourth-order valence-corrected chi connectivity index (χ4v) is 4.17. The van der Waals surface area contributed by atoms with Gasteiger partial charge in [0.2, 0.25) is 11.8 Å². The molecule has 1 heterocycles. The van der Waals surface area contributed by atoms with E-state index in [4.69, 9.17) is 5.73 Å². The van der Waals surface area contributed by atoms with Gasteiger partial charge in [-0.3, -0.25) is 14.5 Å². The second-order valence-corrected chi connectivity index (χ2v) is 8.40. The molecule has 2 aliphatic rings. The molecule has 1 aromatic rings. The highest BCUT2D eigenvalue weighted by atomic mass is 35.5. The summed E-state index contributed by atoms with van der Waals surface area (Å²) in [5.74, 6) is 0.996. The maximum Gasteiger partial charge on any atom is 0.234 e. The molecule has 0 spiro atoms. The minimum absolute atomic E-state index is 0. The van der Waals surface area contributed by atoms with Crippen molar-refractivity contribution in [2.24, 2.45) is 11.7 Å². The predicted octanol–water partition coefficient (Wildman–Crippen LogP) is 2.76. The number of nitrogens with one attached hydrogen (secondary N) is 1. The Labute approximate surface area is 192 Å². The van der Waals surface area contributed by atoms with Crippen LogP contribution in [0.25, 0.3) is 0 Å². The average Bonchev–Trinajstić information content (AvgIpc) is 2.71. The average molecular weight is 459 g/mol. The zero-order chi connectivity index (χ0) is 19.9. The van der Waals surface area contributed by atoms with Crippen molar-refractivity contribution in [2.75, 3.05) is 32.7 Å². The highest BCUT2D eigenvalue weighted by Gasteiger charge is 2.25. The van der Waals surface area contributed by atoms with E-state index in [9.17, 15) is 9.59 Å². The van der Waals surface area contributed by atoms with E-state index >= 15 is 0 Å². The number of carbonyl (C=O) groups excluding carboxylic acids is 2. The van der Waals surface area contributed by atoms with Crippen LogP contribution in [0.3, 0.4) is 0 Å². The molecule has 1 unspecified atom stereocenters. The Kier molecular flexibility index (Phi) is 11.7. The lowest BCUT2D eigenvalue weighted by Gasteiger charge is -2.35. The van der Waals surface area contributed by atoms with Gasteiger partial charge < -0.3 is 16.0 Å². The van der Waals surface area contributed by atoms with Gasteiger partial charge in [-0.05, 0) is 37.2 Å². The number of hydrogen-bond acceptors (Lipinski definition) is 4. The lowest BCUT2D eigenvalue weighted by molar-refractivity contribution is -0.133. The van der Waals surface area contributed by atoms with E-state index in [1.807, 2.05) is 35.2 Å². The minimum atomic E-state index is -0.268. The summed E-state index contributed by atoms with van der Waals surface area (Å²) >= 11 is 0. The predicted molar refractivity (Wildman–Crippen MR) is 125 cm³/mol.